The van der Waals surface area contributed by atoms with E-state index >= 15 is 0 Å². The number of nitrogens with zero attached hydrogens (tertiary/aromatic N) is 4. The molecule has 6 nitrogen and oxygen atoms in total. The summed E-state index contributed by atoms with van der Waals surface area (Å²) in [6.07, 6.45) is 1.77. The summed E-state index contributed by atoms with van der Waals surface area (Å²) >= 11 is 8.01. The van der Waals surface area contributed by atoms with E-state index in [2.05, 4.69) is 20.6 Å². The van der Waals surface area contributed by atoms with Crippen LogP contribution in [-0.2, 0) is 13.1 Å². The van der Waals surface area contributed by atoms with Crippen molar-refractivity contribution >= 4 is 50.5 Å². The van der Waals surface area contributed by atoms with Crippen molar-refractivity contribution in [2.45, 2.75) is 13.1 Å². The number of hydrogen-bond acceptors (Lipinski definition) is 7. The minimum absolute atomic E-state index is 0.326. The molecule has 9 heteroatoms. The second-order valence-corrected chi connectivity index (χ2v) is 9.90. The van der Waals surface area contributed by atoms with Crippen LogP contribution >= 0.6 is 22.9 Å². The van der Waals surface area contributed by atoms with Crippen molar-refractivity contribution in [3.05, 3.63) is 99.4 Å². The van der Waals surface area contributed by atoms with Crippen LogP contribution in [0.1, 0.15) is 21.7 Å². The molecule has 0 radical (unpaired) electrons. The zero-order valence-corrected chi connectivity index (χ0v) is 20.8. The fraction of sp³-hybridized carbons (Fsp3) is 0.111. The molecule has 0 saturated carbocycles. The maximum Gasteiger partial charge on any atom is 0.227 e. The van der Waals surface area contributed by atoms with Crippen LogP contribution in [0.5, 0.6) is 0 Å². The lowest BCUT2D eigenvalue weighted by Gasteiger charge is -2.13. The average molecular weight is 515 g/mol. The summed E-state index contributed by atoms with van der Waals surface area (Å²) in [5.41, 5.74) is 5.96. The Labute approximate surface area is 216 Å². The van der Waals surface area contributed by atoms with Crippen LogP contribution < -0.4 is 10.6 Å². The van der Waals surface area contributed by atoms with Gasteiger partial charge in [0.2, 0.25) is 5.95 Å². The number of thiazole rings is 1. The van der Waals surface area contributed by atoms with Crippen LogP contribution in [0, 0.1) is 5.82 Å². The quantitative estimate of drug-likeness (QED) is 0.285. The van der Waals surface area contributed by atoms with Crippen LogP contribution in [-0.4, -0.2) is 27.7 Å². The molecule has 6 rings (SSSR count). The van der Waals surface area contributed by atoms with E-state index in [1.807, 2.05) is 43.4 Å². The number of anilines is 2. The van der Waals surface area contributed by atoms with Gasteiger partial charge < -0.3 is 10.6 Å². The van der Waals surface area contributed by atoms with E-state index in [1.165, 1.54) is 6.07 Å². The normalized spacial score (nSPS) is 12.6. The summed E-state index contributed by atoms with van der Waals surface area (Å²) in [7, 11) is 1.91. The number of aliphatic imine (C=N–C) groups is 1. The van der Waals surface area contributed by atoms with Gasteiger partial charge in [-0.25, -0.2) is 19.3 Å². The molecular weight excluding hydrogens is 495 g/mol. The highest BCUT2D eigenvalue weighted by Crippen LogP contribution is 2.34. The first-order valence-electron chi connectivity index (χ1n) is 11.4. The molecule has 178 valence electrons. The molecule has 0 atom stereocenters. The van der Waals surface area contributed by atoms with Gasteiger partial charge in [-0.1, -0.05) is 29.8 Å². The SMILES string of the molecule is CNCc1nc2ccc(Nc3ncc4c(n3)-c3ccc(Cl)cc3C(c3ccccc3F)=NC4)cc2s1. The lowest BCUT2D eigenvalue weighted by atomic mass is 9.95. The molecule has 0 saturated heterocycles. The second kappa shape index (κ2) is 9.39. The van der Waals surface area contributed by atoms with Gasteiger partial charge in [-0.05, 0) is 49.5 Å². The fourth-order valence-corrected chi connectivity index (χ4v) is 5.46. The number of rotatable bonds is 5. The number of benzene rings is 3. The number of nitrogens with one attached hydrogen (secondary N) is 2. The lowest BCUT2D eigenvalue weighted by Crippen LogP contribution is -2.07. The van der Waals surface area contributed by atoms with E-state index < -0.39 is 0 Å². The average Bonchev–Trinajstić information content (AvgIpc) is 3.20. The Bertz CT molecular complexity index is 1650. The van der Waals surface area contributed by atoms with Gasteiger partial charge in [0.25, 0.3) is 0 Å². The van der Waals surface area contributed by atoms with Crippen LogP contribution in [0.25, 0.3) is 21.5 Å². The Balaban J connectivity index is 1.39. The standard InChI is InChI=1S/C27H20ClFN6S/c1-30-14-24-34-22-9-7-17(11-23(22)36-24)33-27-32-13-15-12-31-26(19-4-2-3-5-21(19)29)20-10-16(28)6-8-18(20)25(15)35-27/h2-11,13,30H,12,14H2,1H3,(H,32,33,35). The summed E-state index contributed by atoms with van der Waals surface area (Å²) in [5.74, 6) is 0.126. The molecule has 3 aromatic carbocycles. The van der Waals surface area contributed by atoms with E-state index in [0.29, 0.717) is 28.8 Å². The van der Waals surface area contributed by atoms with Gasteiger partial charge in [0.1, 0.15) is 10.8 Å². The Morgan fingerprint density at radius 1 is 1.00 bits per heavy atom. The molecule has 36 heavy (non-hydrogen) atoms. The molecule has 0 amide bonds. The first-order chi connectivity index (χ1) is 17.6. The maximum absolute atomic E-state index is 14.7. The molecule has 0 unspecified atom stereocenters. The molecule has 0 aliphatic carbocycles. The second-order valence-electron chi connectivity index (χ2n) is 8.35. The number of hydrogen-bond donors (Lipinski definition) is 2. The highest BCUT2D eigenvalue weighted by Gasteiger charge is 2.23. The predicted octanol–water partition coefficient (Wildman–Crippen LogP) is 6.36. The Morgan fingerprint density at radius 3 is 2.75 bits per heavy atom. The van der Waals surface area contributed by atoms with Gasteiger partial charge in [0, 0.05) is 45.7 Å². The van der Waals surface area contributed by atoms with E-state index in [0.717, 1.165) is 49.8 Å². The van der Waals surface area contributed by atoms with Crippen molar-refractivity contribution in [1.29, 1.82) is 0 Å². The van der Waals surface area contributed by atoms with E-state index in [4.69, 9.17) is 21.6 Å². The summed E-state index contributed by atoms with van der Waals surface area (Å²) < 4.78 is 15.8. The maximum atomic E-state index is 14.7. The molecule has 1 aliphatic heterocycles. The van der Waals surface area contributed by atoms with Crippen molar-refractivity contribution in [3.63, 3.8) is 0 Å². The molecule has 1 aliphatic rings. The monoisotopic (exact) mass is 514 g/mol. The van der Waals surface area contributed by atoms with Crippen molar-refractivity contribution in [2.24, 2.45) is 4.99 Å². The third-order valence-corrected chi connectivity index (χ3v) is 7.16. The van der Waals surface area contributed by atoms with Crippen molar-refractivity contribution in [1.82, 2.24) is 20.3 Å². The third kappa shape index (κ3) is 4.24. The van der Waals surface area contributed by atoms with Gasteiger partial charge >= 0.3 is 0 Å². The number of aromatic nitrogens is 3. The van der Waals surface area contributed by atoms with E-state index in [-0.39, 0.29) is 5.82 Å². The molecule has 0 spiro atoms. The topological polar surface area (TPSA) is 75.1 Å². The van der Waals surface area contributed by atoms with Crippen molar-refractivity contribution in [3.8, 4) is 11.3 Å². The minimum Gasteiger partial charge on any atom is -0.324 e. The van der Waals surface area contributed by atoms with E-state index in [9.17, 15) is 4.39 Å². The van der Waals surface area contributed by atoms with Crippen LogP contribution in [0.15, 0.2) is 71.9 Å². The summed E-state index contributed by atoms with van der Waals surface area (Å²) in [6.45, 7) is 1.06. The van der Waals surface area contributed by atoms with Crippen LogP contribution in [0.4, 0.5) is 16.0 Å². The lowest BCUT2D eigenvalue weighted by molar-refractivity contribution is 0.625. The van der Waals surface area contributed by atoms with Gasteiger partial charge in [0.05, 0.1) is 28.2 Å². The van der Waals surface area contributed by atoms with Gasteiger partial charge in [0.15, 0.2) is 0 Å². The summed E-state index contributed by atoms with van der Waals surface area (Å²) in [4.78, 5) is 18.8. The first kappa shape index (κ1) is 22.7. The van der Waals surface area contributed by atoms with Crippen LogP contribution in [0.2, 0.25) is 5.02 Å². The zero-order chi connectivity index (χ0) is 24.6. The van der Waals surface area contributed by atoms with Gasteiger partial charge in [-0.2, -0.15) is 0 Å². The summed E-state index contributed by atoms with van der Waals surface area (Å²) in [5, 5.41) is 8.03. The Hall–Kier alpha value is -3.72. The molecule has 0 fully saturated rings. The fourth-order valence-electron chi connectivity index (χ4n) is 4.27. The summed E-state index contributed by atoms with van der Waals surface area (Å²) in [6, 6.07) is 18.2. The highest BCUT2D eigenvalue weighted by atomic mass is 35.5. The largest absolute Gasteiger partial charge is 0.324 e. The molecular formula is C27H20ClFN6S. The highest BCUT2D eigenvalue weighted by molar-refractivity contribution is 7.18. The van der Waals surface area contributed by atoms with Gasteiger partial charge in [-0.3, -0.25) is 4.99 Å². The van der Waals surface area contributed by atoms with Crippen molar-refractivity contribution < 1.29 is 4.39 Å². The molecule has 0 bridgehead atoms. The van der Waals surface area contributed by atoms with Gasteiger partial charge in [-0.15, -0.1) is 11.3 Å². The third-order valence-electron chi connectivity index (χ3n) is 5.91. The minimum atomic E-state index is -0.335. The molecule has 2 N–H and O–H groups in total. The van der Waals surface area contributed by atoms with Crippen molar-refractivity contribution in [2.75, 3.05) is 12.4 Å². The zero-order valence-electron chi connectivity index (χ0n) is 19.2. The first-order valence-corrected chi connectivity index (χ1v) is 12.5. The van der Waals surface area contributed by atoms with Crippen LogP contribution in [0.3, 0.4) is 0 Å². The Morgan fingerprint density at radius 2 is 1.89 bits per heavy atom. The number of halogens is 2. The number of fused-ring (bicyclic) bond motifs is 4. The molecule has 5 aromatic rings. The van der Waals surface area contributed by atoms with E-state index in [1.54, 1.807) is 35.7 Å². The Kier molecular flexibility index (Phi) is 5.92. The molecule has 3 heterocycles. The molecule has 2 aromatic heterocycles. The predicted molar refractivity (Wildman–Crippen MR) is 144 cm³/mol. The smallest absolute Gasteiger partial charge is 0.227 e.